The van der Waals surface area contributed by atoms with Gasteiger partial charge in [0.2, 0.25) is 0 Å². The fraction of sp³-hybridized carbons (Fsp3) is 1.00. The first kappa shape index (κ1) is 16.9. The maximum Gasteiger partial charge on any atom is 0.0110 e. The lowest BCUT2D eigenvalue weighted by Gasteiger charge is -2.26. The summed E-state index contributed by atoms with van der Waals surface area (Å²) in [5.74, 6) is 0.813. The van der Waals surface area contributed by atoms with Gasteiger partial charge in [-0.05, 0) is 45.7 Å². The van der Waals surface area contributed by atoms with Crippen LogP contribution in [0.5, 0.6) is 0 Å². The molecule has 0 aliphatic rings. The third kappa shape index (κ3) is 10.8. The van der Waals surface area contributed by atoms with Crippen molar-refractivity contribution in [2.24, 2.45) is 5.92 Å². The van der Waals surface area contributed by atoms with Crippen LogP contribution in [0.15, 0.2) is 0 Å². The first-order valence-corrected chi connectivity index (χ1v) is 7.52. The highest BCUT2D eigenvalue weighted by Gasteiger charge is 2.07. The Labute approximate surface area is 109 Å². The molecular weight excluding hydrogens is 208 g/mol. The van der Waals surface area contributed by atoms with Crippen LogP contribution in [-0.4, -0.2) is 37.1 Å². The minimum Gasteiger partial charge on any atom is -0.315 e. The minimum absolute atomic E-state index is 0.679. The largest absolute Gasteiger partial charge is 0.315 e. The summed E-state index contributed by atoms with van der Waals surface area (Å²) < 4.78 is 0. The quantitative estimate of drug-likeness (QED) is 0.558. The van der Waals surface area contributed by atoms with Crippen molar-refractivity contribution < 1.29 is 0 Å². The summed E-state index contributed by atoms with van der Waals surface area (Å²) >= 11 is 0. The van der Waals surface area contributed by atoms with Crippen molar-refractivity contribution in [1.82, 2.24) is 10.2 Å². The first-order chi connectivity index (χ1) is 8.07. The van der Waals surface area contributed by atoms with Gasteiger partial charge in [-0.15, -0.1) is 0 Å². The van der Waals surface area contributed by atoms with E-state index in [0.29, 0.717) is 6.04 Å². The molecule has 17 heavy (non-hydrogen) atoms. The van der Waals surface area contributed by atoms with Gasteiger partial charge in [-0.2, -0.15) is 0 Å². The van der Waals surface area contributed by atoms with Gasteiger partial charge in [0.1, 0.15) is 0 Å². The Morgan fingerprint density at radius 3 is 2.18 bits per heavy atom. The Kier molecular flexibility index (Phi) is 11.0. The molecule has 0 unspecified atom stereocenters. The molecule has 0 heterocycles. The van der Waals surface area contributed by atoms with Gasteiger partial charge in [-0.25, -0.2) is 0 Å². The van der Waals surface area contributed by atoms with Crippen molar-refractivity contribution in [3.05, 3.63) is 0 Å². The average molecular weight is 242 g/mol. The predicted octanol–water partition coefficient (Wildman–Crippen LogP) is 3.52. The van der Waals surface area contributed by atoms with Crippen LogP contribution in [0.2, 0.25) is 0 Å². The van der Waals surface area contributed by atoms with Crippen molar-refractivity contribution in [1.29, 1.82) is 0 Å². The van der Waals surface area contributed by atoms with Gasteiger partial charge in [0.05, 0.1) is 0 Å². The molecule has 0 amide bonds. The molecule has 0 radical (unpaired) electrons. The van der Waals surface area contributed by atoms with Crippen LogP contribution in [0.25, 0.3) is 0 Å². The van der Waals surface area contributed by atoms with Crippen molar-refractivity contribution >= 4 is 0 Å². The van der Waals surface area contributed by atoms with E-state index in [1.54, 1.807) is 0 Å². The second-order valence-corrected chi connectivity index (χ2v) is 5.77. The van der Waals surface area contributed by atoms with Crippen LogP contribution in [0, 0.1) is 5.92 Å². The summed E-state index contributed by atoms with van der Waals surface area (Å²) in [6, 6.07) is 0.679. The fourth-order valence-electron chi connectivity index (χ4n) is 1.93. The molecule has 0 aromatic heterocycles. The first-order valence-electron chi connectivity index (χ1n) is 7.52. The van der Waals surface area contributed by atoms with Gasteiger partial charge < -0.3 is 5.32 Å². The van der Waals surface area contributed by atoms with Crippen LogP contribution in [-0.2, 0) is 0 Å². The molecule has 0 atom stereocenters. The topological polar surface area (TPSA) is 15.3 Å². The minimum atomic E-state index is 0.679. The smallest absolute Gasteiger partial charge is 0.0110 e. The van der Waals surface area contributed by atoms with Gasteiger partial charge in [0.25, 0.3) is 0 Å². The maximum absolute atomic E-state index is 3.55. The average Bonchev–Trinajstić information content (AvgIpc) is 2.25. The molecule has 0 bridgehead atoms. The summed E-state index contributed by atoms with van der Waals surface area (Å²) in [6.07, 6.45) is 5.32. The van der Waals surface area contributed by atoms with Crippen molar-refractivity contribution in [3.63, 3.8) is 0 Å². The van der Waals surface area contributed by atoms with E-state index in [4.69, 9.17) is 0 Å². The zero-order chi connectivity index (χ0) is 13.1. The second kappa shape index (κ2) is 11.0. The highest BCUT2D eigenvalue weighted by molar-refractivity contribution is 4.64. The molecule has 0 fully saturated rings. The van der Waals surface area contributed by atoms with E-state index in [-0.39, 0.29) is 0 Å². The van der Waals surface area contributed by atoms with Gasteiger partial charge in [0.15, 0.2) is 0 Å². The predicted molar refractivity (Wildman–Crippen MR) is 78.6 cm³/mol. The van der Waals surface area contributed by atoms with E-state index >= 15 is 0 Å². The van der Waals surface area contributed by atoms with Gasteiger partial charge in [-0.1, -0.05) is 33.6 Å². The summed E-state index contributed by atoms with van der Waals surface area (Å²) in [4.78, 5) is 2.60. The van der Waals surface area contributed by atoms with E-state index in [1.807, 2.05) is 0 Å². The number of rotatable bonds is 11. The summed E-state index contributed by atoms with van der Waals surface area (Å²) in [7, 11) is 0. The van der Waals surface area contributed by atoms with Crippen molar-refractivity contribution in [2.75, 3.05) is 26.2 Å². The summed E-state index contributed by atoms with van der Waals surface area (Å²) in [5.41, 5.74) is 0. The number of hydrogen-bond acceptors (Lipinski definition) is 2. The van der Waals surface area contributed by atoms with Crippen LogP contribution >= 0.6 is 0 Å². The molecule has 0 spiro atoms. The van der Waals surface area contributed by atoms with E-state index in [9.17, 15) is 0 Å². The van der Waals surface area contributed by atoms with Crippen LogP contribution in [0.1, 0.15) is 60.3 Å². The summed E-state index contributed by atoms with van der Waals surface area (Å²) in [6.45, 7) is 16.2. The number of nitrogens with one attached hydrogen (secondary N) is 1. The third-order valence-electron chi connectivity index (χ3n) is 3.25. The lowest BCUT2D eigenvalue weighted by atomic mass is 10.1. The molecule has 0 rings (SSSR count). The van der Waals surface area contributed by atoms with E-state index in [0.717, 1.165) is 12.5 Å². The number of nitrogens with zero attached hydrogens (tertiary/aromatic N) is 1. The lowest BCUT2D eigenvalue weighted by molar-refractivity contribution is 0.217. The van der Waals surface area contributed by atoms with Gasteiger partial charge >= 0.3 is 0 Å². The molecule has 0 saturated carbocycles. The molecule has 0 aliphatic heterocycles. The van der Waals surface area contributed by atoms with E-state index < -0.39 is 0 Å². The SMILES string of the molecule is CCCCCN(CCNCCC(C)C)C(C)C. The Morgan fingerprint density at radius 2 is 1.65 bits per heavy atom. The van der Waals surface area contributed by atoms with Gasteiger partial charge in [0, 0.05) is 19.1 Å². The second-order valence-electron chi connectivity index (χ2n) is 5.77. The molecular formula is C15H34N2. The van der Waals surface area contributed by atoms with Crippen LogP contribution < -0.4 is 5.32 Å². The standard InChI is InChI=1S/C15H34N2/c1-6-7-8-12-17(15(4)5)13-11-16-10-9-14(2)3/h14-16H,6-13H2,1-5H3. The third-order valence-corrected chi connectivity index (χ3v) is 3.25. The lowest BCUT2D eigenvalue weighted by Crippen LogP contribution is -2.38. The molecule has 0 aromatic carbocycles. The Balaban J connectivity index is 3.56. The molecule has 0 saturated heterocycles. The highest BCUT2D eigenvalue weighted by Crippen LogP contribution is 2.02. The Bertz CT molecular complexity index is 155. The molecule has 2 nitrogen and oxygen atoms in total. The zero-order valence-corrected chi connectivity index (χ0v) is 12.8. The molecule has 1 N–H and O–H groups in total. The maximum atomic E-state index is 3.55. The van der Waals surface area contributed by atoms with Crippen LogP contribution in [0.3, 0.4) is 0 Å². The van der Waals surface area contributed by atoms with Crippen molar-refractivity contribution in [2.45, 2.75) is 66.3 Å². The molecule has 104 valence electrons. The normalized spacial score (nSPS) is 12.0. The number of hydrogen-bond donors (Lipinski definition) is 1. The number of unbranched alkanes of at least 4 members (excludes halogenated alkanes) is 2. The van der Waals surface area contributed by atoms with Gasteiger partial charge in [-0.3, -0.25) is 4.90 Å². The fourth-order valence-corrected chi connectivity index (χ4v) is 1.93. The highest BCUT2D eigenvalue weighted by atomic mass is 15.2. The molecule has 0 aliphatic carbocycles. The van der Waals surface area contributed by atoms with Crippen molar-refractivity contribution in [3.8, 4) is 0 Å². The Morgan fingerprint density at radius 1 is 0.941 bits per heavy atom. The molecule has 0 aromatic rings. The van der Waals surface area contributed by atoms with E-state index in [1.165, 1.54) is 45.3 Å². The summed E-state index contributed by atoms with van der Waals surface area (Å²) in [5, 5.41) is 3.55. The van der Waals surface area contributed by atoms with Crippen LogP contribution in [0.4, 0.5) is 0 Å². The molecule has 2 heteroatoms. The Hall–Kier alpha value is -0.0800. The monoisotopic (exact) mass is 242 g/mol. The zero-order valence-electron chi connectivity index (χ0n) is 12.8. The van der Waals surface area contributed by atoms with E-state index in [2.05, 4.69) is 44.8 Å².